The molecule has 0 saturated carbocycles. The molecule has 0 aliphatic carbocycles. The lowest BCUT2D eigenvalue weighted by atomic mass is 10.4. The Morgan fingerprint density at radius 2 is 2.12 bits per heavy atom. The molecule has 16 heavy (non-hydrogen) atoms. The Labute approximate surface area is 90.9 Å². The van der Waals surface area contributed by atoms with Crippen molar-refractivity contribution in [1.82, 2.24) is 19.7 Å². The van der Waals surface area contributed by atoms with E-state index in [4.69, 9.17) is 5.73 Å². The van der Waals surface area contributed by atoms with Crippen molar-refractivity contribution in [2.45, 2.75) is 0 Å². The van der Waals surface area contributed by atoms with Crippen LogP contribution in [0.25, 0.3) is 5.69 Å². The average molecular weight is 219 g/mol. The molecular formula is C9H9N5O2. The molecule has 2 aromatic rings. The molecule has 0 aliphatic rings. The lowest BCUT2D eigenvalue weighted by Crippen LogP contribution is -2.06. The Kier molecular flexibility index (Phi) is 2.50. The van der Waals surface area contributed by atoms with Crippen molar-refractivity contribution in [3.63, 3.8) is 0 Å². The highest BCUT2D eigenvalue weighted by Gasteiger charge is 2.15. The van der Waals surface area contributed by atoms with Gasteiger partial charge >= 0.3 is 5.97 Å². The van der Waals surface area contributed by atoms with Crippen molar-refractivity contribution in [3.05, 3.63) is 30.6 Å². The molecule has 0 amide bonds. The smallest absolute Gasteiger partial charge is 0.360 e. The fraction of sp³-hybridized carbons (Fsp3) is 0.111. The zero-order valence-electron chi connectivity index (χ0n) is 8.49. The Morgan fingerprint density at radius 3 is 2.75 bits per heavy atom. The number of carbonyl (C=O) groups is 1. The summed E-state index contributed by atoms with van der Waals surface area (Å²) >= 11 is 0. The molecule has 0 radical (unpaired) electrons. The van der Waals surface area contributed by atoms with Crippen molar-refractivity contribution in [1.29, 1.82) is 0 Å². The number of esters is 1. The van der Waals surface area contributed by atoms with E-state index in [1.165, 1.54) is 24.3 Å². The summed E-state index contributed by atoms with van der Waals surface area (Å²) < 4.78 is 5.96. The number of aromatic nitrogens is 4. The first kappa shape index (κ1) is 10.1. The summed E-state index contributed by atoms with van der Waals surface area (Å²) in [6, 6.07) is 0. The Balaban J connectivity index is 2.42. The third-order valence-corrected chi connectivity index (χ3v) is 1.93. The number of anilines is 1. The molecule has 2 aromatic heterocycles. The van der Waals surface area contributed by atoms with E-state index in [2.05, 4.69) is 19.8 Å². The van der Waals surface area contributed by atoms with E-state index in [-0.39, 0.29) is 11.4 Å². The maximum absolute atomic E-state index is 11.3. The molecule has 0 unspecified atom stereocenters. The summed E-state index contributed by atoms with van der Waals surface area (Å²) in [5.74, 6) is -0.576. The SMILES string of the molecule is COC(=O)c1nn(-c2cncnc2)cc1N. The third-order valence-electron chi connectivity index (χ3n) is 1.93. The number of methoxy groups -OCH3 is 1. The number of hydrogen-bond donors (Lipinski definition) is 1. The van der Waals surface area contributed by atoms with Crippen LogP contribution in [0.3, 0.4) is 0 Å². The lowest BCUT2D eigenvalue weighted by Gasteiger charge is -1.97. The van der Waals surface area contributed by atoms with Gasteiger partial charge in [-0.25, -0.2) is 19.4 Å². The molecule has 2 heterocycles. The molecule has 0 saturated heterocycles. The number of nitrogens with zero attached hydrogens (tertiary/aromatic N) is 4. The second-order valence-electron chi connectivity index (χ2n) is 2.97. The van der Waals surface area contributed by atoms with E-state index in [0.29, 0.717) is 5.69 Å². The standard InChI is InChI=1S/C9H9N5O2/c1-16-9(15)8-7(10)4-14(13-8)6-2-11-5-12-3-6/h2-5H,10H2,1H3. The van der Waals surface area contributed by atoms with Crippen LogP contribution >= 0.6 is 0 Å². The van der Waals surface area contributed by atoms with Crippen molar-refractivity contribution in [2.75, 3.05) is 12.8 Å². The highest BCUT2D eigenvalue weighted by molar-refractivity contribution is 5.92. The van der Waals surface area contributed by atoms with Crippen molar-refractivity contribution in [2.24, 2.45) is 0 Å². The Morgan fingerprint density at radius 1 is 1.44 bits per heavy atom. The zero-order valence-corrected chi connectivity index (χ0v) is 8.49. The molecule has 0 atom stereocenters. The molecule has 2 rings (SSSR count). The first-order valence-corrected chi connectivity index (χ1v) is 4.41. The van der Waals surface area contributed by atoms with Crippen LogP contribution < -0.4 is 5.73 Å². The average Bonchev–Trinajstić information content (AvgIpc) is 2.71. The Hall–Kier alpha value is -2.44. The van der Waals surface area contributed by atoms with Crippen LogP contribution in [0.5, 0.6) is 0 Å². The quantitative estimate of drug-likeness (QED) is 0.716. The largest absolute Gasteiger partial charge is 0.464 e. The van der Waals surface area contributed by atoms with Gasteiger partial charge in [0.25, 0.3) is 0 Å². The molecule has 0 fully saturated rings. The number of carbonyl (C=O) groups excluding carboxylic acids is 1. The molecule has 82 valence electrons. The van der Waals surface area contributed by atoms with Crippen LogP contribution in [0.2, 0.25) is 0 Å². The van der Waals surface area contributed by atoms with Crippen molar-refractivity contribution < 1.29 is 9.53 Å². The normalized spacial score (nSPS) is 10.1. The van der Waals surface area contributed by atoms with Crippen LogP contribution in [0.1, 0.15) is 10.5 Å². The van der Waals surface area contributed by atoms with Gasteiger partial charge in [-0.2, -0.15) is 5.10 Å². The van der Waals surface area contributed by atoms with E-state index in [1.54, 1.807) is 12.4 Å². The van der Waals surface area contributed by atoms with Gasteiger partial charge in [0.15, 0.2) is 5.69 Å². The molecule has 7 nitrogen and oxygen atoms in total. The van der Waals surface area contributed by atoms with Crippen molar-refractivity contribution in [3.8, 4) is 5.69 Å². The predicted octanol–water partition coefficient (Wildman–Crippen LogP) is 0.0311. The van der Waals surface area contributed by atoms with E-state index >= 15 is 0 Å². The summed E-state index contributed by atoms with van der Waals surface area (Å²) in [4.78, 5) is 18.9. The fourth-order valence-electron chi connectivity index (χ4n) is 1.18. The first-order chi connectivity index (χ1) is 7.72. The monoisotopic (exact) mass is 219 g/mol. The summed E-state index contributed by atoms with van der Waals surface area (Å²) in [6.45, 7) is 0. The van der Waals surface area contributed by atoms with Gasteiger partial charge in [0, 0.05) is 0 Å². The van der Waals surface area contributed by atoms with Crippen LogP contribution in [0, 0.1) is 0 Å². The van der Waals surface area contributed by atoms with Crippen LogP contribution in [0.15, 0.2) is 24.9 Å². The highest BCUT2D eigenvalue weighted by Crippen LogP contribution is 2.13. The zero-order chi connectivity index (χ0) is 11.5. The molecule has 0 spiro atoms. The van der Waals surface area contributed by atoms with E-state index in [9.17, 15) is 4.79 Å². The van der Waals surface area contributed by atoms with Crippen LogP contribution in [0.4, 0.5) is 5.69 Å². The number of rotatable bonds is 2. The van der Waals surface area contributed by atoms with Gasteiger partial charge < -0.3 is 10.5 Å². The minimum atomic E-state index is -0.576. The topological polar surface area (TPSA) is 95.9 Å². The minimum absolute atomic E-state index is 0.0753. The lowest BCUT2D eigenvalue weighted by molar-refractivity contribution is 0.0594. The summed E-state index contributed by atoms with van der Waals surface area (Å²) in [5.41, 5.74) is 6.57. The minimum Gasteiger partial charge on any atom is -0.464 e. The molecular weight excluding hydrogens is 210 g/mol. The first-order valence-electron chi connectivity index (χ1n) is 4.41. The summed E-state index contributed by atoms with van der Waals surface area (Å²) in [6.07, 6.45) is 6.02. The molecule has 2 N–H and O–H groups in total. The van der Waals surface area contributed by atoms with Gasteiger partial charge in [0.1, 0.15) is 12.0 Å². The van der Waals surface area contributed by atoms with Crippen LogP contribution in [-0.4, -0.2) is 32.8 Å². The molecule has 0 aliphatic heterocycles. The number of ether oxygens (including phenoxy) is 1. The van der Waals surface area contributed by atoms with Gasteiger partial charge in [-0.05, 0) is 0 Å². The third kappa shape index (κ3) is 1.70. The summed E-state index contributed by atoms with van der Waals surface area (Å²) in [5, 5.41) is 3.99. The van der Waals surface area contributed by atoms with Gasteiger partial charge in [-0.1, -0.05) is 0 Å². The fourth-order valence-corrected chi connectivity index (χ4v) is 1.18. The predicted molar refractivity (Wildman–Crippen MR) is 54.9 cm³/mol. The number of hydrogen-bond acceptors (Lipinski definition) is 6. The Bertz CT molecular complexity index is 508. The maximum Gasteiger partial charge on any atom is 0.360 e. The second kappa shape index (κ2) is 3.97. The number of nitrogens with two attached hydrogens (primary N) is 1. The molecule has 7 heteroatoms. The van der Waals surface area contributed by atoms with Gasteiger partial charge in [0.2, 0.25) is 0 Å². The van der Waals surface area contributed by atoms with Crippen LogP contribution in [-0.2, 0) is 4.74 Å². The summed E-state index contributed by atoms with van der Waals surface area (Å²) in [7, 11) is 1.27. The van der Waals surface area contributed by atoms with Gasteiger partial charge in [0.05, 0.1) is 31.4 Å². The van der Waals surface area contributed by atoms with E-state index in [1.807, 2.05) is 0 Å². The second-order valence-corrected chi connectivity index (χ2v) is 2.97. The maximum atomic E-state index is 11.3. The molecule has 0 aromatic carbocycles. The van der Waals surface area contributed by atoms with Crippen molar-refractivity contribution >= 4 is 11.7 Å². The number of nitrogen functional groups attached to an aromatic ring is 1. The van der Waals surface area contributed by atoms with E-state index < -0.39 is 5.97 Å². The van der Waals surface area contributed by atoms with Gasteiger partial charge in [-0.15, -0.1) is 0 Å². The highest BCUT2D eigenvalue weighted by atomic mass is 16.5. The molecule has 0 bridgehead atoms. The van der Waals surface area contributed by atoms with E-state index in [0.717, 1.165) is 0 Å². The van der Waals surface area contributed by atoms with Gasteiger partial charge in [-0.3, -0.25) is 0 Å².